The van der Waals surface area contributed by atoms with E-state index in [9.17, 15) is 27.2 Å². The molecular formula is C36H44F4N2O5. The molecule has 0 saturated carbocycles. The van der Waals surface area contributed by atoms with Crippen LogP contribution in [-0.2, 0) is 4.74 Å². The van der Waals surface area contributed by atoms with Gasteiger partial charge >= 0.3 is 18.1 Å². The maximum absolute atomic E-state index is 14.7. The molecule has 47 heavy (non-hydrogen) atoms. The lowest BCUT2D eigenvalue weighted by atomic mass is 10.1. The zero-order valence-corrected chi connectivity index (χ0v) is 27.1. The van der Waals surface area contributed by atoms with E-state index in [-0.39, 0.29) is 17.7 Å². The van der Waals surface area contributed by atoms with Crippen LogP contribution in [0.2, 0.25) is 0 Å². The number of ether oxygens (including phenoxy) is 3. The molecule has 0 bridgehead atoms. The number of alkyl halides is 3. The molecule has 0 aliphatic rings. The quantitative estimate of drug-likeness (QED) is 0.0516. The number of carbonyl (C=O) groups excluding carboxylic acids is 2. The van der Waals surface area contributed by atoms with Crippen molar-refractivity contribution in [2.75, 3.05) is 6.61 Å². The van der Waals surface area contributed by atoms with Crippen molar-refractivity contribution in [1.29, 1.82) is 0 Å². The van der Waals surface area contributed by atoms with Crippen molar-refractivity contribution >= 4 is 11.9 Å². The number of aromatic nitrogens is 2. The van der Waals surface area contributed by atoms with Crippen molar-refractivity contribution in [3.8, 4) is 22.9 Å². The molecular weight excluding hydrogens is 616 g/mol. The molecule has 0 N–H and O–H groups in total. The van der Waals surface area contributed by atoms with Gasteiger partial charge in [0.25, 0.3) is 0 Å². The summed E-state index contributed by atoms with van der Waals surface area (Å²) in [6, 6.07) is 10.0. The molecule has 1 aromatic heterocycles. The largest absolute Gasteiger partial charge is 0.494 e. The number of nitrogens with zero attached hydrogens (tertiary/aromatic N) is 2. The topological polar surface area (TPSA) is 87.6 Å². The van der Waals surface area contributed by atoms with Gasteiger partial charge in [-0.25, -0.2) is 23.9 Å². The molecule has 1 atom stereocenters. The highest BCUT2D eigenvalue weighted by molar-refractivity contribution is 5.92. The summed E-state index contributed by atoms with van der Waals surface area (Å²) in [4.78, 5) is 33.4. The lowest BCUT2D eigenvalue weighted by Crippen LogP contribution is -2.34. The first-order valence-corrected chi connectivity index (χ1v) is 16.5. The van der Waals surface area contributed by atoms with Gasteiger partial charge in [-0.2, -0.15) is 13.2 Å². The molecule has 2 aromatic carbocycles. The molecule has 0 aliphatic carbocycles. The highest BCUT2D eigenvalue weighted by Gasteiger charge is 2.42. The maximum Gasteiger partial charge on any atom is 0.425 e. The van der Waals surface area contributed by atoms with Crippen LogP contribution in [0.5, 0.6) is 11.5 Å². The Balaban J connectivity index is 1.49. The Labute approximate surface area is 274 Å². The van der Waals surface area contributed by atoms with Crippen molar-refractivity contribution < 1.29 is 41.4 Å². The van der Waals surface area contributed by atoms with Gasteiger partial charge < -0.3 is 14.2 Å². The van der Waals surface area contributed by atoms with Gasteiger partial charge in [0.2, 0.25) is 0 Å². The van der Waals surface area contributed by atoms with Crippen LogP contribution in [-0.4, -0.2) is 40.8 Å². The molecule has 1 heterocycles. The fraction of sp³-hybridized carbons (Fsp3) is 0.500. The Bertz CT molecular complexity index is 1380. The highest BCUT2D eigenvalue weighted by Crippen LogP contribution is 2.29. The van der Waals surface area contributed by atoms with Crippen LogP contribution >= 0.6 is 0 Å². The molecule has 3 rings (SSSR count). The van der Waals surface area contributed by atoms with E-state index < -0.39 is 42.0 Å². The Morgan fingerprint density at radius 2 is 1.32 bits per heavy atom. The van der Waals surface area contributed by atoms with E-state index in [1.165, 1.54) is 50.9 Å². The van der Waals surface area contributed by atoms with Gasteiger partial charge in [0, 0.05) is 24.0 Å². The summed E-state index contributed by atoms with van der Waals surface area (Å²) >= 11 is 0. The predicted octanol–water partition coefficient (Wildman–Crippen LogP) is 10.1. The van der Waals surface area contributed by atoms with E-state index in [0.717, 1.165) is 49.6 Å². The standard InChI is InChI=1S/C36H44F4N2O5/c1-3-5-7-9-10-11-12-14-22-45-28-18-16-26(17-19-28)33-41-24-27(25-42-33)34(43)46-29-20-21-30(31(37)23-29)35(44)47-32(36(38,39)40)15-13-8-6-4-2/h16-21,23-25,32H,3-15,22H2,1-2H3. The number of hydrogen-bond acceptors (Lipinski definition) is 7. The summed E-state index contributed by atoms with van der Waals surface area (Å²) < 4.78 is 70.4. The van der Waals surface area contributed by atoms with Crippen molar-refractivity contribution in [3.05, 3.63) is 71.8 Å². The zero-order valence-electron chi connectivity index (χ0n) is 27.1. The summed E-state index contributed by atoms with van der Waals surface area (Å²) in [6.07, 6.45) is 7.17. The third kappa shape index (κ3) is 13.0. The molecule has 0 saturated heterocycles. The molecule has 0 amide bonds. The second kappa shape index (κ2) is 19.6. The number of carbonyl (C=O) groups is 2. The number of esters is 2. The van der Waals surface area contributed by atoms with Gasteiger partial charge in [0.15, 0.2) is 11.9 Å². The Morgan fingerprint density at radius 1 is 0.745 bits per heavy atom. The molecule has 0 aliphatic heterocycles. The third-order valence-electron chi connectivity index (χ3n) is 7.57. The first-order chi connectivity index (χ1) is 22.6. The lowest BCUT2D eigenvalue weighted by molar-refractivity contribution is -0.206. The maximum atomic E-state index is 14.7. The predicted molar refractivity (Wildman–Crippen MR) is 171 cm³/mol. The summed E-state index contributed by atoms with van der Waals surface area (Å²) in [5, 5.41) is 0. The van der Waals surface area contributed by atoms with Crippen LogP contribution in [0.3, 0.4) is 0 Å². The van der Waals surface area contributed by atoms with E-state index in [0.29, 0.717) is 24.4 Å². The van der Waals surface area contributed by atoms with Crippen molar-refractivity contribution in [2.24, 2.45) is 0 Å². The van der Waals surface area contributed by atoms with Gasteiger partial charge in [-0.1, -0.05) is 78.1 Å². The van der Waals surface area contributed by atoms with Crippen LogP contribution in [0, 0.1) is 5.82 Å². The van der Waals surface area contributed by atoms with Crippen LogP contribution in [0.15, 0.2) is 54.9 Å². The van der Waals surface area contributed by atoms with Crippen LogP contribution in [0.1, 0.15) is 118 Å². The minimum Gasteiger partial charge on any atom is -0.494 e. The second-order valence-electron chi connectivity index (χ2n) is 11.5. The monoisotopic (exact) mass is 660 g/mol. The summed E-state index contributed by atoms with van der Waals surface area (Å²) in [6.45, 7) is 4.79. The Hall–Kier alpha value is -4.02. The minimum absolute atomic E-state index is 0.0148. The first-order valence-electron chi connectivity index (χ1n) is 16.5. The fourth-order valence-corrected chi connectivity index (χ4v) is 4.84. The van der Waals surface area contributed by atoms with Crippen LogP contribution in [0.4, 0.5) is 17.6 Å². The van der Waals surface area contributed by atoms with E-state index >= 15 is 0 Å². The summed E-state index contributed by atoms with van der Waals surface area (Å²) in [5.74, 6) is -2.68. The third-order valence-corrected chi connectivity index (χ3v) is 7.57. The molecule has 7 nitrogen and oxygen atoms in total. The summed E-state index contributed by atoms with van der Waals surface area (Å²) in [5.41, 5.74) is -0.00783. The number of benzene rings is 2. The number of rotatable bonds is 20. The molecule has 11 heteroatoms. The number of hydrogen-bond donors (Lipinski definition) is 0. The fourth-order valence-electron chi connectivity index (χ4n) is 4.84. The first kappa shape index (κ1) is 37.4. The Morgan fingerprint density at radius 3 is 1.91 bits per heavy atom. The van der Waals surface area contributed by atoms with E-state index in [2.05, 4.69) is 21.6 Å². The normalized spacial score (nSPS) is 12.0. The average molecular weight is 661 g/mol. The number of unbranched alkanes of at least 4 members (excludes halogenated alkanes) is 10. The SMILES string of the molecule is CCCCCCCCCCOc1ccc(-c2ncc(C(=O)Oc3ccc(C(=O)OC(CCCCCC)C(F)(F)F)c(F)c3)cn2)cc1. The molecule has 0 radical (unpaired) electrons. The van der Waals surface area contributed by atoms with Crippen LogP contribution < -0.4 is 9.47 Å². The number of halogens is 4. The smallest absolute Gasteiger partial charge is 0.425 e. The molecule has 0 spiro atoms. The van der Waals surface area contributed by atoms with Gasteiger partial charge in [-0.05, 0) is 55.7 Å². The molecule has 1 unspecified atom stereocenters. The van der Waals surface area contributed by atoms with Gasteiger partial charge in [-0.3, -0.25) is 0 Å². The average Bonchev–Trinajstić information content (AvgIpc) is 3.05. The summed E-state index contributed by atoms with van der Waals surface area (Å²) in [7, 11) is 0. The lowest BCUT2D eigenvalue weighted by Gasteiger charge is -2.21. The van der Waals surface area contributed by atoms with Crippen LogP contribution in [0.25, 0.3) is 11.4 Å². The Kier molecular flexibility index (Phi) is 15.6. The van der Waals surface area contributed by atoms with Crippen molar-refractivity contribution in [2.45, 2.75) is 110 Å². The van der Waals surface area contributed by atoms with Gasteiger partial charge in [0.05, 0.1) is 17.7 Å². The van der Waals surface area contributed by atoms with E-state index in [1.54, 1.807) is 0 Å². The molecule has 3 aromatic rings. The van der Waals surface area contributed by atoms with E-state index in [1.807, 2.05) is 31.2 Å². The van der Waals surface area contributed by atoms with Gasteiger partial charge in [0.1, 0.15) is 17.3 Å². The zero-order chi connectivity index (χ0) is 34.1. The second-order valence-corrected chi connectivity index (χ2v) is 11.5. The van der Waals surface area contributed by atoms with Gasteiger partial charge in [-0.15, -0.1) is 0 Å². The minimum atomic E-state index is -4.78. The highest BCUT2D eigenvalue weighted by atomic mass is 19.4. The molecule has 0 fully saturated rings. The van der Waals surface area contributed by atoms with Crippen molar-refractivity contribution in [3.63, 3.8) is 0 Å². The molecule has 256 valence electrons. The van der Waals surface area contributed by atoms with Crippen molar-refractivity contribution in [1.82, 2.24) is 9.97 Å². The van der Waals surface area contributed by atoms with E-state index in [4.69, 9.17) is 9.47 Å².